The maximum absolute atomic E-state index is 11.1. The zero-order chi connectivity index (χ0) is 21.9. The zero-order valence-electron chi connectivity index (χ0n) is 17.4. The van der Waals surface area contributed by atoms with Crippen molar-refractivity contribution in [3.05, 3.63) is 35.0 Å². The maximum Gasteiger partial charge on any atom is 0.232 e. The molecule has 3 N–H and O–H groups in total. The summed E-state index contributed by atoms with van der Waals surface area (Å²) in [5.41, 5.74) is 2.49. The van der Waals surface area contributed by atoms with Gasteiger partial charge in [0.05, 0.1) is 29.2 Å². The number of nitrogens with zero attached hydrogens (tertiary/aromatic N) is 3. The molecule has 9 heteroatoms. The van der Waals surface area contributed by atoms with Gasteiger partial charge in [-0.3, -0.25) is 0 Å². The fraction of sp³-hybridized carbons (Fsp3) is 0.333. The summed E-state index contributed by atoms with van der Waals surface area (Å²) in [6.45, 7) is 8.52. The minimum Gasteiger partial charge on any atom is -0.477 e. The Kier molecular flexibility index (Phi) is 6.26. The predicted molar refractivity (Wildman–Crippen MR) is 121 cm³/mol. The first-order chi connectivity index (χ1) is 14.3. The quantitative estimate of drug-likeness (QED) is 0.356. The average molecular weight is 429 g/mol. The standard InChI is InChI=1S/C21H25ClN6O2/c1-5-30-19-17-14(22)12-28(9-10-29)18(17)25-20(26-19)24-15-7-6-8-16(13(15)11-23)27-21(2,3)4/h6-8,10-12,23,27H,5,9H2,1-4H3,(H,24,25,26). The molecule has 0 fully saturated rings. The first-order valence-electron chi connectivity index (χ1n) is 9.59. The molecule has 0 aliphatic heterocycles. The number of rotatable bonds is 8. The molecule has 0 bridgehead atoms. The van der Waals surface area contributed by atoms with E-state index in [9.17, 15) is 4.79 Å². The Morgan fingerprint density at radius 3 is 2.63 bits per heavy atom. The van der Waals surface area contributed by atoms with Crippen LogP contribution in [-0.2, 0) is 11.3 Å². The van der Waals surface area contributed by atoms with Gasteiger partial charge in [0.2, 0.25) is 11.8 Å². The van der Waals surface area contributed by atoms with Crippen LogP contribution in [0.3, 0.4) is 0 Å². The van der Waals surface area contributed by atoms with E-state index in [4.69, 9.17) is 21.7 Å². The maximum atomic E-state index is 11.1. The number of anilines is 3. The van der Waals surface area contributed by atoms with Gasteiger partial charge in [0, 0.05) is 29.2 Å². The van der Waals surface area contributed by atoms with Crippen LogP contribution in [0, 0.1) is 5.41 Å². The number of hydrogen-bond acceptors (Lipinski definition) is 7. The lowest BCUT2D eigenvalue weighted by molar-refractivity contribution is -0.108. The van der Waals surface area contributed by atoms with Crippen LogP contribution < -0.4 is 15.4 Å². The molecule has 0 aliphatic carbocycles. The van der Waals surface area contributed by atoms with Crippen molar-refractivity contribution >= 4 is 52.5 Å². The van der Waals surface area contributed by atoms with Crippen molar-refractivity contribution in [3.63, 3.8) is 0 Å². The number of halogens is 1. The molecule has 1 aromatic carbocycles. The second-order valence-corrected chi connectivity index (χ2v) is 8.10. The minimum absolute atomic E-state index is 0.113. The molecule has 0 unspecified atom stereocenters. The summed E-state index contributed by atoms with van der Waals surface area (Å²) in [6.07, 6.45) is 3.70. The van der Waals surface area contributed by atoms with Crippen LogP contribution in [0.15, 0.2) is 24.4 Å². The SMILES string of the molecule is CCOc1nc(Nc2cccc(NC(C)(C)C)c2C=N)nc2c1c(Cl)cn2CC=O. The highest BCUT2D eigenvalue weighted by atomic mass is 35.5. The predicted octanol–water partition coefficient (Wildman–Crippen LogP) is 4.63. The van der Waals surface area contributed by atoms with Crippen molar-refractivity contribution in [1.29, 1.82) is 5.41 Å². The summed E-state index contributed by atoms with van der Waals surface area (Å²) in [4.78, 5) is 20.1. The Hall–Kier alpha value is -3.13. The lowest BCUT2D eigenvalue weighted by Crippen LogP contribution is -2.26. The van der Waals surface area contributed by atoms with Gasteiger partial charge in [0.25, 0.3) is 0 Å². The second kappa shape index (κ2) is 8.71. The molecule has 0 aliphatic rings. The summed E-state index contributed by atoms with van der Waals surface area (Å²) < 4.78 is 7.33. The number of nitrogens with one attached hydrogen (secondary N) is 3. The summed E-state index contributed by atoms with van der Waals surface area (Å²) in [5, 5.41) is 15.5. The Balaban J connectivity index is 2.10. The van der Waals surface area contributed by atoms with Gasteiger partial charge >= 0.3 is 0 Å². The van der Waals surface area contributed by atoms with E-state index in [2.05, 4.69) is 41.4 Å². The molecule has 2 heterocycles. The number of carbonyl (C=O) groups is 1. The van der Waals surface area contributed by atoms with E-state index in [0.29, 0.717) is 39.8 Å². The molecule has 0 radical (unpaired) electrons. The number of ether oxygens (including phenoxy) is 1. The largest absolute Gasteiger partial charge is 0.477 e. The highest BCUT2D eigenvalue weighted by Crippen LogP contribution is 2.34. The summed E-state index contributed by atoms with van der Waals surface area (Å²) in [5.74, 6) is 0.615. The van der Waals surface area contributed by atoms with E-state index >= 15 is 0 Å². The minimum atomic E-state index is -0.166. The van der Waals surface area contributed by atoms with Crippen LogP contribution in [0.2, 0.25) is 5.02 Å². The molecule has 0 amide bonds. The molecule has 0 saturated heterocycles. The monoisotopic (exact) mass is 428 g/mol. The molecule has 0 spiro atoms. The van der Waals surface area contributed by atoms with Gasteiger partial charge in [0.1, 0.15) is 6.29 Å². The molecule has 8 nitrogen and oxygen atoms in total. The third kappa shape index (κ3) is 4.54. The molecule has 3 rings (SSSR count). The van der Waals surface area contributed by atoms with E-state index in [0.717, 1.165) is 12.0 Å². The third-order valence-corrected chi connectivity index (χ3v) is 4.48. The van der Waals surface area contributed by atoms with Crippen molar-refractivity contribution in [2.24, 2.45) is 0 Å². The average Bonchev–Trinajstić information content (AvgIpc) is 2.97. The van der Waals surface area contributed by atoms with E-state index in [1.54, 1.807) is 10.8 Å². The molecule has 30 heavy (non-hydrogen) atoms. The molecule has 158 valence electrons. The van der Waals surface area contributed by atoms with Gasteiger partial charge in [-0.2, -0.15) is 9.97 Å². The topological polar surface area (TPSA) is 105 Å². The Bertz CT molecular complexity index is 1090. The Labute approximate surface area is 180 Å². The molecule has 3 aromatic rings. The number of carbonyl (C=O) groups excluding carboxylic acids is 1. The zero-order valence-corrected chi connectivity index (χ0v) is 18.2. The number of aromatic nitrogens is 3. The van der Waals surface area contributed by atoms with Crippen molar-refractivity contribution < 1.29 is 9.53 Å². The Morgan fingerprint density at radius 1 is 1.27 bits per heavy atom. The van der Waals surface area contributed by atoms with Crippen LogP contribution in [-0.4, -0.2) is 39.2 Å². The second-order valence-electron chi connectivity index (χ2n) is 7.69. The fourth-order valence-corrected chi connectivity index (χ4v) is 3.37. The first-order valence-corrected chi connectivity index (χ1v) is 9.96. The van der Waals surface area contributed by atoms with Gasteiger partial charge in [-0.15, -0.1) is 0 Å². The highest BCUT2D eigenvalue weighted by Gasteiger charge is 2.19. The molecular weight excluding hydrogens is 404 g/mol. The first kappa shape index (κ1) is 21.6. The van der Waals surface area contributed by atoms with Crippen molar-refractivity contribution in [3.8, 4) is 5.88 Å². The van der Waals surface area contributed by atoms with Gasteiger partial charge in [-0.1, -0.05) is 17.7 Å². The van der Waals surface area contributed by atoms with Crippen LogP contribution in [0.25, 0.3) is 11.0 Å². The smallest absolute Gasteiger partial charge is 0.232 e. The summed E-state index contributed by atoms with van der Waals surface area (Å²) in [6, 6.07) is 5.65. The van der Waals surface area contributed by atoms with Gasteiger partial charge in [-0.25, -0.2) is 0 Å². The van der Waals surface area contributed by atoms with Gasteiger partial charge in [0.15, 0.2) is 5.65 Å². The number of fused-ring (bicyclic) bond motifs is 1. The fourth-order valence-electron chi connectivity index (χ4n) is 3.09. The molecule has 2 aromatic heterocycles. The van der Waals surface area contributed by atoms with Crippen LogP contribution in [0.1, 0.15) is 33.3 Å². The van der Waals surface area contributed by atoms with Gasteiger partial charge in [-0.05, 0) is 39.8 Å². The van der Waals surface area contributed by atoms with E-state index < -0.39 is 0 Å². The normalized spacial score (nSPS) is 11.4. The molecule has 0 atom stereocenters. The lowest BCUT2D eigenvalue weighted by atomic mass is 10.1. The Morgan fingerprint density at radius 2 is 2.00 bits per heavy atom. The van der Waals surface area contributed by atoms with Crippen molar-refractivity contribution in [1.82, 2.24) is 14.5 Å². The van der Waals surface area contributed by atoms with Crippen LogP contribution in [0.4, 0.5) is 17.3 Å². The van der Waals surface area contributed by atoms with Crippen molar-refractivity contribution in [2.75, 3.05) is 17.2 Å². The van der Waals surface area contributed by atoms with E-state index in [-0.39, 0.29) is 18.0 Å². The van der Waals surface area contributed by atoms with Crippen molar-refractivity contribution in [2.45, 2.75) is 39.8 Å². The number of benzene rings is 1. The number of aldehydes is 1. The van der Waals surface area contributed by atoms with E-state index in [1.807, 2.05) is 25.1 Å². The van der Waals surface area contributed by atoms with E-state index in [1.165, 1.54) is 6.21 Å². The summed E-state index contributed by atoms with van der Waals surface area (Å²) in [7, 11) is 0. The number of hydrogen-bond donors (Lipinski definition) is 3. The van der Waals surface area contributed by atoms with Crippen LogP contribution >= 0.6 is 11.6 Å². The van der Waals surface area contributed by atoms with Crippen LogP contribution in [0.5, 0.6) is 5.88 Å². The van der Waals surface area contributed by atoms with Gasteiger partial charge < -0.3 is 30.1 Å². The third-order valence-electron chi connectivity index (χ3n) is 4.20. The lowest BCUT2D eigenvalue weighted by Gasteiger charge is -2.24. The molecular formula is C21H25ClN6O2. The summed E-state index contributed by atoms with van der Waals surface area (Å²) >= 11 is 6.34. The highest BCUT2D eigenvalue weighted by molar-refractivity contribution is 6.36. The molecule has 0 saturated carbocycles.